The molecule has 6 nitrogen and oxygen atoms in total. The van der Waals surface area contributed by atoms with Gasteiger partial charge < -0.3 is 4.55 Å². The molecule has 0 fully saturated rings. The first-order chi connectivity index (χ1) is 7.23. The molecule has 0 saturated heterocycles. The molecule has 1 rings (SSSR count). The number of sulfone groups is 1. The van der Waals surface area contributed by atoms with Gasteiger partial charge in [0.2, 0.25) is 20.2 Å². The zero-order valence-electron chi connectivity index (χ0n) is 9.23. The van der Waals surface area contributed by atoms with Gasteiger partial charge in [0.1, 0.15) is 0 Å². The smallest absolute Gasteiger partial charge is 0.725 e. The van der Waals surface area contributed by atoms with Crippen LogP contribution in [0.2, 0.25) is 0 Å². The largest absolute Gasteiger partial charge is 1.00 e. The Morgan fingerprint density at radius 2 is 1.59 bits per heavy atom. The molecule has 1 unspecified atom stereocenters. The van der Waals surface area contributed by atoms with E-state index in [4.69, 9.17) is 0 Å². The van der Waals surface area contributed by atoms with E-state index in [1.54, 1.807) is 6.07 Å². The van der Waals surface area contributed by atoms with Crippen LogP contribution in [-0.4, -0.2) is 26.8 Å². The van der Waals surface area contributed by atoms with E-state index in [1.807, 2.05) is 0 Å². The minimum Gasteiger partial charge on any atom is -0.725 e. The van der Waals surface area contributed by atoms with Gasteiger partial charge in [-0.2, -0.15) is 0 Å². The molecule has 90 valence electrons. The summed E-state index contributed by atoms with van der Waals surface area (Å²) in [6, 6.07) is 7.13. The fraction of sp³-hybridized carbons (Fsp3) is 0.250. The van der Waals surface area contributed by atoms with Crippen molar-refractivity contribution in [2.75, 3.05) is 0 Å². The third kappa shape index (κ3) is 5.45. The summed E-state index contributed by atoms with van der Waals surface area (Å²) in [5.74, 6) is 0. The molecule has 0 aliphatic heterocycles. The average molecular weight is 304 g/mol. The Balaban J connectivity index is 0.00000256. The van der Waals surface area contributed by atoms with Crippen LogP contribution >= 0.6 is 0 Å². The molecule has 0 radical (unpaired) electrons. The monoisotopic (exact) mass is 304 g/mol. The normalized spacial score (nSPS) is 13.8. The molecule has 0 spiro atoms. The van der Waals surface area contributed by atoms with Crippen molar-refractivity contribution < 1.29 is 77.0 Å². The minimum atomic E-state index is -5.04. The quantitative estimate of drug-likeness (QED) is 0.340. The second-order valence-electron chi connectivity index (χ2n) is 2.93. The fourth-order valence-corrected chi connectivity index (χ4v) is 2.97. The Kier molecular flexibility index (Phi) is 7.00. The fourth-order valence-electron chi connectivity index (χ4n) is 1.02. The second kappa shape index (κ2) is 6.73. The molecule has 0 amide bonds. The molecule has 1 aromatic rings. The van der Waals surface area contributed by atoms with E-state index in [0.717, 1.165) is 6.92 Å². The second-order valence-corrected chi connectivity index (χ2v) is 6.16. The molecule has 0 heterocycles. The molecule has 0 saturated carbocycles. The van der Waals surface area contributed by atoms with E-state index < -0.39 is 25.7 Å². The Bertz CT molecular complexity index is 551. The van der Waals surface area contributed by atoms with Crippen molar-refractivity contribution in [3.63, 3.8) is 0 Å². The van der Waals surface area contributed by atoms with Gasteiger partial charge in [-0.05, 0) is 19.1 Å². The molecule has 1 aromatic carbocycles. The summed E-state index contributed by atoms with van der Waals surface area (Å²) in [7, 11) is -9.02. The van der Waals surface area contributed by atoms with Crippen molar-refractivity contribution in [1.82, 2.24) is 0 Å². The number of hydrogen-bond acceptors (Lipinski definition) is 6. The van der Waals surface area contributed by atoms with E-state index in [0.29, 0.717) is 0 Å². The van der Waals surface area contributed by atoms with Crippen LogP contribution < -0.4 is 51.4 Å². The van der Waals surface area contributed by atoms with Crippen molar-refractivity contribution in [3.05, 3.63) is 30.3 Å². The predicted octanol–water partition coefficient (Wildman–Crippen LogP) is -2.71. The Labute approximate surface area is 143 Å². The standard InChI is InChI=1S/C8H10O6S2.K/c1-7(14-16(11,12)13)15(9,10)8-5-3-2-4-6-8;/h2-7H,1H3,(H,11,12,13);/q;+1/p-1. The Hall–Kier alpha value is 0.676. The first-order valence-corrected chi connectivity index (χ1v) is 7.04. The summed E-state index contributed by atoms with van der Waals surface area (Å²) in [6.45, 7) is 0.984. The molecule has 0 aliphatic rings. The molecule has 0 aliphatic carbocycles. The molecule has 17 heavy (non-hydrogen) atoms. The molecule has 0 N–H and O–H groups in total. The van der Waals surface area contributed by atoms with Gasteiger partial charge in [-0.25, -0.2) is 16.8 Å². The van der Waals surface area contributed by atoms with Crippen molar-refractivity contribution in [2.45, 2.75) is 17.3 Å². The molecule has 0 bridgehead atoms. The van der Waals surface area contributed by atoms with Crippen LogP contribution in [0.15, 0.2) is 35.2 Å². The van der Waals surface area contributed by atoms with Crippen LogP contribution in [0, 0.1) is 0 Å². The van der Waals surface area contributed by atoms with Gasteiger partial charge >= 0.3 is 51.4 Å². The van der Waals surface area contributed by atoms with Gasteiger partial charge in [0.25, 0.3) is 0 Å². The summed E-state index contributed by atoms with van der Waals surface area (Å²) in [5, 5.41) is 0. The van der Waals surface area contributed by atoms with Gasteiger partial charge in [0.15, 0.2) is 5.44 Å². The Morgan fingerprint density at radius 1 is 1.12 bits per heavy atom. The summed E-state index contributed by atoms with van der Waals surface area (Å²) in [5.41, 5.74) is -1.74. The summed E-state index contributed by atoms with van der Waals surface area (Å²) in [4.78, 5) is -0.105. The number of benzene rings is 1. The predicted molar refractivity (Wildman–Crippen MR) is 53.9 cm³/mol. The maximum atomic E-state index is 11.7. The van der Waals surface area contributed by atoms with Gasteiger partial charge in [0, 0.05) is 0 Å². The van der Waals surface area contributed by atoms with Crippen molar-refractivity contribution in [3.8, 4) is 0 Å². The SMILES string of the molecule is CC(OS(=O)(=O)[O-])S(=O)(=O)c1ccccc1.[K+]. The summed E-state index contributed by atoms with van der Waals surface area (Å²) < 4.78 is 58.1. The molecular weight excluding hydrogens is 295 g/mol. The van der Waals surface area contributed by atoms with Gasteiger partial charge in [-0.15, -0.1) is 0 Å². The van der Waals surface area contributed by atoms with Crippen molar-refractivity contribution in [1.29, 1.82) is 0 Å². The van der Waals surface area contributed by atoms with Crippen molar-refractivity contribution in [2.24, 2.45) is 0 Å². The van der Waals surface area contributed by atoms with Gasteiger partial charge in [0.05, 0.1) is 4.90 Å². The first-order valence-electron chi connectivity index (χ1n) is 4.16. The van der Waals surface area contributed by atoms with E-state index >= 15 is 0 Å². The third-order valence-corrected chi connectivity index (χ3v) is 4.31. The molecule has 9 heteroatoms. The van der Waals surface area contributed by atoms with Crippen molar-refractivity contribution >= 4 is 20.2 Å². The van der Waals surface area contributed by atoms with Crippen LogP contribution in [0.4, 0.5) is 0 Å². The summed E-state index contributed by atoms with van der Waals surface area (Å²) in [6.07, 6.45) is 0. The maximum Gasteiger partial charge on any atom is 1.00 e. The zero-order chi connectivity index (χ0) is 12.4. The zero-order valence-corrected chi connectivity index (χ0v) is 14.0. The first kappa shape index (κ1) is 17.7. The minimum absolute atomic E-state index is 0. The van der Waals surface area contributed by atoms with Crippen LogP contribution in [0.1, 0.15) is 6.92 Å². The van der Waals surface area contributed by atoms with Gasteiger partial charge in [-0.1, -0.05) is 18.2 Å². The number of hydrogen-bond donors (Lipinski definition) is 0. The van der Waals surface area contributed by atoms with Crippen LogP contribution in [0.25, 0.3) is 0 Å². The van der Waals surface area contributed by atoms with E-state index in [-0.39, 0.29) is 56.3 Å². The van der Waals surface area contributed by atoms with Crippen LogP contribution in [0.3, 0.4) is 0 Å². The van der Waals surface area contributed by atoms with Gasteiger partial charge in [-0.3, -0.25) is 4.18 Å². The number of rotatable bonds is 4. The van der Waals surface area contributed by atoms with Crippen LogP contribution in [-0.2, 0) is 24.4 Å². The van der Waals surface area contributed by atoms with E-state index in [9.17, 15) is 21.4 Å². The third-order valence-electron chi connectivity index (χ3n) is 1.76. The summed E-state index contributed by atoms with van der Waals surface area (Å²) >= 11 is 0. The molecule has 0 aromatic heterocycles. The average Bonchev–Trinajstić information content (AvgIpc) is 2.16. The molecule has 1 atom stereocenters. The van der Waals surface area contributed by atoms with E-state index in [1.165, 1.54) is 24.3 Å². The molecular formula is C8H9KO6S2. The van der Waals surface area contributed by atoms with E-state index in [2.05, 4.69) is 4.18 Å². The topological polar surface area (TPSA) is 101 Å². The Morgan fingerprint density at radius 3 is 2.00 bits per heavy atom. The van der Waals surface area contributed by atoms with Crippen LogP contribution in [0.5, 0.6) is 0 Å². The maximum absolute atomic E-state index is 11.7.